The van der Waals surface area contributed by atoms with E-state index >= 15 is 0 Å². The van der Waals surface area contributed by atoms with Crippen molar-refractivity contribution in [1.82, 2.24) is 0 Å². The number of para-hydroxylation sites is 1. The summed E-state index contributed by atoms with van der Waals surface area (Å²) in [7, 11) is 0. The van der Waals surface area contributed by atoms with Gasteiger partial charge in [0, 0.05) is 5.56 Å². The van der Waals surface area contributed by atoms with Gasteiger partial charge in [-0.1, -0.05) is 31.4 Å². The lowest BCUT2D eigenvalue weighted by atomic mass is 9.82. The van der Waals surface area contributed by atoms with Gasteiger partial charge in [-0.15, -0.1) is 0 Å². The maximum absolute atomic E-state index is 11.2. The minimum atomic E-state index is -0.406. The van der Waals surface area contributed by atoms with Crippen molar-refractivity contribution in [2.45, 2.75) is 44.6 Å². The number of aliphatic hydroxyl groups excluding tert-OH is 1. The lowest BCUT2D eigenvalue weighted by Crippen LogP contribution is -2.44. The maximum Gasteiger partial charge on any atom is 0.295 e. The summed E-state index contributed by atoms with van der Waals surface area (Å²) in [4.78, 5) is 10.8. The smallest absolute Gasteiger partial charge is 0.295 e. The molecule has 1 aromatic carbocycles. The number of rotatable bonds is 4. The van der Waals surface area contributed by atoms with Gasteiger partial charge in [0.2, 0.25) is 0 Å². The van der Waals surface area contributed by atoms with E-state index in [0.29, 0.717) is 11.3 Å². The molecule has 5 nitrogen and oxygen atoms in total. The van der Waals surface area contributed by atoms with Crippen LogP contribution in [0.1, 0.15) is 37.7 Å². The molecule has 0 unspecified atom stereocenters. The van der Waals surface area contributed by atoms with E-state index < -0.39 is 5.54 Å². The van der Waals surface area contributed by atoms with E-state index in [9.17, 15) is 15.2 Å². The average Bonchev–Trinajstić information content (AvgIpc) is 2.39. The maximum atomic E-state index is 11.2. The van der Waals surface area contributed by atoms with Crippen molar-refractivity contribution >= 4 is 11.4 Å². The second-order valence-corrected chi connectivity index (χ2v) is 5.35. The third-order valence-corrected chi connectivity index (χ3v) is 3.93. The number of benzene rings is 1. The fourth-order valence-corrected chi connectivity index (χ4v) is 2.84. The highest BCUT2D eigenvalue weighted by molar-refractivity contribution is 5.66. The van der Waals surface area contributed by atoms with Crippen LogP contribution >= 0.6 is 0 Å². The summed E-state index contributed by atoms with van der Waals surface area (Å²) in [6, 6.07) is 5.26. The molecule has 0 amide bonds. The zero-order chi connectivity index (χ0) is 13.9. The van der Waals surface area contributed by atoms with E-state index in [-0.39, 0.29) is 17.2 Å². The fraction of sp³-hybridized carbons (Fsp3) is 0.571. The Hall–Kier alpha value is -1.62. The number of nitrogens with zero attached hydrogens (tertiary/aromatic N) is 1. The number of nitro groups is 1. The molecule has 1 aromatic rings. The van der Waals surface area contributed by atoms with E-state index in [4.69, 9.17) is 0 Å². The Morgan fingerprint density at radius 1 is 1.37 bits per heavy atom. The summed E-state index contributed by atoms with van der Waals surface area (Å²) in [5, 5.41) is 24.1. The molecule has 0 radical (unpaired) electrons. The Morgan fingerprint density at radius 3 is 2.63 bits per heavy atom. The van der Waals surface area contributed by atoms with Gasteiger partial charge >= 0.3 is 0 Å². The summed E-state index contributed by atoms with van der Waals surface area (Å²) in [5.74, 6) is 0. The van der Waals surface area contributed by atoms with Crippen molar-refractivity contribution in [3.63, 3.8) is 0 Å². The van der Waals surface area contributed by atoms with Crippen molar-refractivity contribution < 1.29 is 10.0 Å². The van der Waals surface area contributed by atoms with Crippen LogP contribution in [0.2, 0.25) is 0 Å². The Kier molecular flexibility index (Phi) is 4.04. The standard InChI is InChI=1S/C14H20N2O3/c1-11-6-5-7-12(13(11)16(18)19)15-14(10-17)8-3-2-4-9-14/h5-7,15,17H,2-4,8-10H2,1H3. The molecule has 2 rings (SSSR count). The number of aliphatic hydroxyl groups is 1. The molecule has 0 aliphatic heterocycles. The third kappa shape index (κ3) is 2.87. The van der Waals surface area contributed by atoms with Crippen molar-refractivity contribution in [1.29, 1.82) is 0 Å². The summed E-state index contributed by atoms with van der Waals surface area (Å²) in [6.45, 7) is 1.74. The van der Waals surface area contributed by atoms with Crippen molar-refractivity contribution in [2.75, 3.05) is 11.9 Å². The summed E-state index contributed by atoms with van der Waals surface area (Å²) in [5.41, 5.74) is 0.859. The first-order valence-corrected chi connectivity index (χ1v) is 6.71. The monoisotopic (exact) mass is 264 g/mol. The molecule has 104 valence electrons. The van der Waals surface area contributed by atoms with Crippen LogP contribution in [0.15, 0.2) is 18.2 Å². The highest BCUT2D eigenvalue weighted by atomic mass is 16.6. The predicted molar refractivity (Wildman–Crippen MR) is 74.4 cm³/mol. The number of hydrogen-bond acceptors (Lipinski definition) is 4. The highest BCUT2D eigenvalue weighted by Crippen LogP contribution is 2.35. The molecule has 0 heterocycles. The molecule has 1 fully saturated rings. The zero-order valence-corrected chi connectivity index (χ0v) is 11.2. The SMILES string of the molecule is Cc1cccc(NC2(CO)CCCCC2)c1[N+](=O)[O-]. The van der Waals surface area contributed by atoms with Crippen LogP contribution in [0.5, 0.6) is 0 Å². The van der Waals surface area contributed by atoms with Gasteiger partial charge in [0.1, 0.15) is 5.69 Å². The molecule has 0 bridgehead atoms. The van der Waals surface area contributed by atoms with Gasteiger partial charge in [-0.3, -0.25) is 10.1 Å². The quantitative estimate of drug-likeness (QED) is 0.647. The first kappa shape index (κ1) is 13.8. The van der Waals surface area contributed by atoms with Crippen LogP contribution in [0.3, 0.4) is 0 Å². The van der Waals surface area contributed by atoms with Crippen molar-refractivity contribution in [2.24, 2.45) is 0 Å². The topological polar surface area (TPSA) is 75.4 Å². The van der Waals surface area contributed by atoms with Gasteiger partial charge in [-0.05, 0) is 25.8 Å². The van der Waals surface area contributed by atoms with Gasteiger partial charge < -0.3 is 10.4 Å². The summed E-state index contributed by atoms with van der Waals surface area (Å²) < 4.78 is 0. The molecule has 0 aromatic heterocycles. The lowest BCUT2D eigenvalue weighted by molar-refractivity contribution is -0.384. The van der Waals surface area contributed by atoms with Crippen LogP contribution in [0, 0.1) is 17.0 Å². The normalized spacial score (nSPS) is 18.0. The van der Waals surface area contributed by atoms with Crippen LogP contribution in [-0.2, 0) is 0 Å². The van der Waals surface area contributed by atoms with Gasteiger partial charge in [0.25, 0.3) is 5.69 Å². The van der Waals surface area contributed by atoms with Gasteiger partial charge in [0.15, 0.2) is 0 Å². The van der Waals surface area contributed by atoms with Crippen molar-refractivity contribution in [3.05, 3.63) is 33.9 Å². The molecule has 1 aliphatic rings. The van der Waals surface area contributed by atoms with Crippen LogP contribution in [-0.4, -0.2) is 22.2 Å². The van der Waals surface area contributed by atoms with Crippen LogP contribution in [0.4, 0.5) is 11.4 Å². The second-order valence-electron chi connectivity index (χ2n) is 5.35. The largest absolute Gasteiger partial charge is 0.394 e. The fourth-order valence-electron chi connectivity index (χ4n) is 2.84. The molecule has 1 saturated carbocycles. The Labute approximate surface area is 112 Å². The third-order valence-electron chi connectivity index (χ3n) is 3.93. The number of anilines is 1. The van der Waals surface area contributed by atoms with Crippen LogP contribution in [0.25, 0.3) is 0 Å². The van der Waals surface area contributed by atoms with Gasteiger partial charge in [-0.2, -0.15) is 0 Å². The number of hydrogen-bond donors (Lipinski definition) is 2. The Balaban J connectivity index is 2.31. The Morgan fingerprint density at radius 2 is 2.05 bits per heavy atom. The zero-order valence-electron chi connectivity index (χ0n) is 11.2. The van der Waals surface area contributed by atoms with E-state index in [1.807, 2.05) is 0 Å². The molecular formula is C14H20N2O3. The minimum Gasteiger partial charge on any atom is -0.394 e. The molecule has 5 heteroatoms. The number of nitro benzene ring substituents is 1. The number of aryl methyl sites for hydroxylation is 1. The minimum absolute atomic E-state index is 0.0120. The van der Waals surface area contributed by atoms with Crippen molar-refractivity contribution in [3.8, 4) is 0 Å². The van der Waals surface area contributed by atoms with E-state index in [2.05, 4.69) is 5.32 Å². The van der Waals surface area contributed by atoms with E-state index in [1.54, 1.807) is 25.1 Å². The predicted octanol–water partition coefficient (Wildman–Crippen LogP) is 3.01. The van der Waals surface area contributed by atoms with Gasteiger partial charge in [-0.25, -0.2) is 0 Å². The Bertz CT molecular complexity index is 468. The summed E-state index contributed by atoms with van der Waals surface area (Å²) >= 11 is 0. The number of nitrogens with one attached hydrogen (secondary N) is 1. The van der Waals surface area contributed by atoms with E-state index in [0.717, 1.165) is 25.7 Å². The average molecular weight is 264 g/mol. The molecule has 0 saturated heterocycles. The first-order valence-electron chi connectivity index (χ1n) is 6.71. The second kappa shape index (κ2) is 5.57. The summed E-state index contributed by atoms with van der Waals surface area (Å²) in [6.07, 6.45) is 4.98. The highest BCUT2D eigenvalue weighted by Gasteiger charge is 2.33. The molecule has 19 heavy (non-hydrogen) atoms. The molecule has 0 spiro atoms. The van der Waals surface area contributed by atoms with Crippen LogP contribution < -0.4 is 5.32 Å². The molecule has 1 aliphatic carbocycles. The molecule has 2 N–H and O–H groups in total. The van der Waals surface area contributed by atoms with Gasteiger partial charge in [0.05, 0.1) is 17.1 Å². The lowest BCUT2D eigenvalue weighted by Gasteiger charge is -2.37. The molecule has 0 atom stereocenters. The molecular weight excluding hydrogens is 244 g/mol. The van der Waals surface area contributed by atoms with E-state index in [1.165, 1.54) is 6.42 Å². The first-order chi connectivity index (χ1) is 9.08.